The topological polar surface area (TPSA) is 46.1 Å². The molecule has 4 nitrogen and oxygen atoms in total. The molecule has 6 heteroatoms. The molecule has 0 N–H and O–H groups in total. The SMILES string of the molecule is CN(c1ncc(Br)cn1)C1CCS(=O)CC1. The van der Waals surface area contributed by atoms with Gasteiger partial charge in [0, 0.05) is 47.8 Å². The molecule has 1 fully saturated rings. The quantitative estimate of drug-likeness (QED) is 0.832. The first-order valence-electron chi connectivity index (χ1n) is 5.22. The van der Waals surface area contributed by atoms with E-state index in [2.05, 4.69) is 30.8 Å². The fourth-order valence-electron chi connectivity index (χ4n) is 1.82. The van der Waals surface area contributed by atoms with Crippen molar-refractivity contribution in [2.45, 2.75) is 18.9 Å². The second-order valence-electron chi connectivity index (χ2n) is 3.89. The van der Waals surface area contributed by atoms with Crippen LogP contribution in [0.15, 0.2) is 16.9 Å². The first-order chi connectivity index (χ1) is 7.66. The van der Waals surface area contributed by atoms with Gasteiger partial charge in [0.1, 0.15) is 0 Å². The van der Waals surface area contributed by atoms with Crippen LogP contribution in [-0.4, -0.2) is 38.8 Å². The number of aromatic nitrogens is 2. The molecule has 0 unspecified atom stereocenters. The van der Waals surface area contributed by atoms with Crippen LogP contribution in [0.5, 0.6) is 0 Å². The summed E-state index contributed by atoms with van der Waals surface area (Å²) in [5, 5.41) is 0. The van der Waals surface area contributed by atoms with Gasteiger partial charge in [-0.05, 0) is 28.8 Å². The van der Waals surface area contributed by atoms with Crippen LogP contribution < -0.4 is 4.90 Å². The van der Waals surface area contributed by atoms with Crippen molar-refractivity contribution < 1.29 is 4.21 Å². The van der Waals surface area contributed by atoms with E-state index in [4.69, 9.17) is 0 Å². The molecule has 0 radical (unpaired) electrons. The Bertz CT molecular complexity index is 374. The van der Waals surface area contributed by atoms with E-state index >= 15 is 0 Å². The average molecular weight is 304 g/mol. The molecule has 0 saturated carbocycles. The molecule has 1 saturated heterocycles. The fraction of sp³-hybridized carbons (Fsp3) is 0.600. The summed E-state index contributed by atoms with van der Waals surface area (Å²) in [4.78, 5) is 10.6. The van der Waals surface area contributed by atoms with Crippen LogP contribution >= 0.6 is 15.9 Å². The molecule has 1 aliphatic rings. The third kappa shape index (κ3) is 2.79. The van der Waals surface area contributed by atoms with Crippen LogP contribution in [0.25, 0.3) is 0 Å². The molecule has 2 heterocycles. The van der Waals surface area contributed by atoms with Crippen LogP contribution in [0.3, 0.4) is 0 Å². The number of nitrogens with zero attached hydrogens (tertiary/aromatic N) is 3. The van der Waals surface area contributed by atoms with E-state index in [1.165, 1.54) is 0 Å². The van der Waals surface area contributed by atoms with E-state index in [9.17, 15) is 4.21 Å². The van der Waals surface area contributed by atoms with Gasteiger partial charge in [0.2, 0.25) is 5.95 Å². The highest BCUT2D eigenvalue weighted by Crippen LogP contribution is 2.19. The number of halogens is 1. The van der Waals surface area contributed by atoms with Crippen LogP contribution in [0, 0.1) is 0 Å². The van der Waals surface area contributed by atoms with Gasteiger partial charge < -0.3 is 4.90 Å². The molecule has 0 spiro atoms. The summed E-state index contributed by atoms with van der Waals surface area (Å²) >= 11 is 3.31. The summed E-state index contributed by atoms with van der Waals surface area (Å²) in [7, 11) is 1.39. The lowest BCUT2D eigenvalue weighted by molar-refractivity contribution is 0.561. The van der Waals surface area contributed by atoms with Crippen molar-refractivity contribution in [2.24, 2.45) is 0 Å². The smallest absolute Gasteiger partial charge is 0.225 e. The molecule has 0 aromatic carbocycles. The predicted octanol–water partition coefficient (Wildman–Crippen LogP) is 1.59. The molecule has 0 amide bonds. The van der Waals surface area contributed by atoms with Gasteiger partial charge >= 0.3 is 0 Å². The Morgan fingerprint density at radius 3 is 2.50 bits per heavy atom. The Morgan fingerprint density at radius 2 is 1.94 bits per heavy atom. The second kappa shape index (κ2) is 5.23. The van der Waals surface area contributed by atoms with Gasteiger partial charge in [0.25, 0.3) is 0 Å². The summed E-state index contributed by atoms with van der Waals surface area (Å²) in [6, 6.07) is 0.416. The molecule has 16 heavy (non-hydrogen) atoms. The Morgan fingerprint density at radius 1 is 1.38 bits per heavy atom. The van der Waals surface area contributed by atoms with Crippen LogP contribution in [0.4, 0.5) is 5.95 Å². The summed E-state index contributed by atoms with van der Waals surface area (Å²) in [6.07, 6.45) is 5.42. The summed E-state index contributed by atoms with van der Waals surface area (Å²) < 4.78 is 12.2. The molecule has 0 bridgehead atoms. The van der Waals surface area contributed by atoms with Crippen LogP contribution in [-0.2, 0) is 10.8 Å². The highest BCUT2D eigenvalue weighted by Gasteiger charge is 2.22. The monoisotopic (exact) mass is 303 g/mol. The molecule has 2 rings (SSSR count). The molecular weight excluding hydrogens is 290 g/mol. The normalized spacial score (nSPS) is 25.4. The highest BCUT2D eigenvalue weighted by atomic mass is 79.9. The van der Waals surface area contributed by atoms with Crippen LogP contribution in [0.1, 0.15) is 12.8 Å². The Labute approximate surface area is 106 Å². The maximum absolute atomic E-state index is 11.3. The third-order valence-corrected chi connectivity index (χ3v) is 4.62. The highest BCUT2D eigenvalue weighted by molar-refractivity contribution is 9.10. The van der Waals surface area contributed by atoms with E-state index in [0.29, 0.717) is 6.04 Å². The number of hydrogen-bond donors (Lipinski definition) is 0. The Hall–Kier alpha value is -0.490. The van der Waals surface area contributed by atoms with Crippen LogP contribution in [0.2, 0.25) is 0 Å². The van der Waals surface area contributed by atoms with Gasteiger partial charge in [-0.1, -0.05) is 0 Å². The molecule has 1 aromatic rings. The van der Waals surface area contributed by atoms with Crippen molar-refractivity contribution in [1.29, 1.82) is 0 Å². The standard InChI is InChI=1S/C10H14BrN3OS/c1-14(9-2-4-16(15)5-3-9)10-12-6-8(11)7-13-10/h6-7,9H,2-5H2,1H3. The van der Waals surface area contributed by atoms with Gasteiger partial charge in [0.15, 0.2) is 0 Å². The fourth-order valence-corrected chi connectivity index (χ4v) is 3.30. The zero-order valence-electron chi connectivity index (χ0n) is 9.10. The number of rotatable bonds is 2. The summed E-state index contributed by atoms with van der Waals surface area (Å²) in [5.74, 6) is 2.33. The molecular formula is C10H14BrN3OS. The van der Waals surface area contributed by atoms with Crippen molar-refractivity contribution in [1.82, 2.24) is 9.97 Å². The lowest BCUT2D eigenvalue weighted by atomic mass is 10.1. The van der Waals surface area contributed by atoms with E-state index in [1.807, 2.05) is 7.05 Å². The predicted molar refractivity (Wildman–Crippen MR) is 69.0 cm³/mol. The third-order valence-electron chi connectivity index (χ3n) is 2.83. The van der Waals surface area contributed by atoms with Crippen molar-refractivity contribution in [2.75, 3.05) is 23.5 Å². The Kier molecular flexibility index (Phi) is 3.91. The first-order valence-corrected chi connectivity index (χ1v) is 7.50. The average Bonchev–Trinajstić information content (AvgIpc) is 2.30. The van der Waals surface area contributed by atoms with Gasteiger partial charge in [0.05, 0.1) is 4.47 Å². The van der Waals surface area contributed by atoms with Gasteiger partial charge in [-0.2, -0.15) is 0 Å². The maximum Gasteiger partial charge on any atom is 0.225 e. The van der Waals surface area contributed by atoms with Crippen molar-refractivity contribution in [3.8, 4) is 0 Å². The number of hydrogen-bond acceptors (Lipinski definition) is 4. The maximum atomic E-state index is 11.3. The number of anilines is 1. The van der Waals surface area contributed by atoms with Gasteiger partial charge in [-0.15, -0.1) is 0 Å². The van der Waals surface area contributed by atoms with Crippen molar-refractivity contribution in [3.05, 3.63) is 16.9 Å². The van der Waals surface area contributed by atoms with Crippen molar-refractivity contribution >= 4 is 32.7 Å². The zero-order chi connectivity index (χ0) is 11.5. The minimum Gasteiger partial charge on any atom is -0.341 e. The largest absolute Gasteiger partial charge is 0.341 e. The molecule has 0 atom stereocenters. The van der Waals surface area contributed by atoms with E-state index < -0.39 is 10.8 Å². The lowest BCUT2D eigenvalue weighted by Gasteiger charge is -2.30. The van der Waals surface area contributed by atoms with Gasteiger partial charge in [-0.25, -0.2) is 9.97 Å². The molecule has 1 aliphatic heterocycles. The van der Waals surface area contributed by atoms with Crippen molar-refractivity contribution in [3.63, 3.8) is 0 Å². The molecule has 1 aromatic heterocycles. The lowest BCUT2D eigenvalue weighted by Crippen LogP contribution is -2.38. The summed E-state index contributed by atoms with van der Waals surface area (Å²) in [6.45, 7) is 0. The minimum absolute atomic E-state index is 0.416. The van der Waals surface area contributed by atoms with E-state index in [0.717, 1.165) is 34.8 Å². The second-order valence-corrected chi connectivity index (χ2v) is 6.50. The molecule has 88 valence electrons. The summed E-state index contributed by atoms with van der Waals surface area (Å²) in [5.41, 5.74) is 0. The van der Waals surface area contributed by atoms with Gasteiger partial charge in [-0.3, -0.25) is 4.21 Å². The molecule has 0 aliphatic carbocycles. The first kappa shape index (κ1) is 12.0. The minimum atomic E-state index is -0.612. The van der Waals surface area contributed by atoms with E-state index in [1.54, 1.807) is 12.4 Å². The zero-order valence-corrected chi connectivity index (χ0v) is 11.5. The van der Waals surface area contributed by atoms with E-state index in [-0.39, 0.29) is 0 Å². The Balaban J connectivity index is 2.04.